The standard InChI is InChI=1S/C29H37N3O5/c1-6-37-29(34)25-9-7-8-14-31(25)18-28(33)32-26(23-13-12-22(35-4)16-27(23)36-5)17-24(30-32)21-11-10-19(2)20(3)15-21/h10-13,15-16,25-26H,6-9,14,17-18H2,1-5H3/t25-,26+/m0/s1. The SMILES string of the molecule is CCOC(=O)[C@@H]1CCCCN1CC(=O)N1N=C(c2ccc(C)c(C)c2)C[C@@H]1c1ccc(OC)cc1OC. The summed E-state index contributed by atoms with van der Waals surface area (Å²) in [5, 5.41) is 6.42. The van der Waals surface area contributed by atoms with Crippen molar-refractivity contribution in [3.8, 4) is 11.5 Å². The minimum atomic E-state index is -0.405. The van der Waals surface area contributed by atoms with Gasteiger partial charge in [0.1, 0.15) is 17.5 Å². The van der Waals surface area contributed by atoms with Crippen molar-refractivity contribution in [2.45, 2.75) is 58.5 Å². The van der Waals surface area contributed by atoms with Gasteiger partial charge in [-0.15, -0.1) is 0 Å². The average Bonchev–Trinajstić information content (AvgIpc) is 3.35. The van der Waals surface area contributed by atoms with Crippen molar-refractivity contribution in [3.05, 3.63) is 58.7 Å². The normalized spacial score (nSPS) is 19.9. The fourth-order valence-electron chi connectivity index (χ4n) is 5.10. The lowest BCUT2D eigenvalue weighted by atomic mass is 9.95. The van der Waals surface area contributed by atoms with Crippen LogP contribution in [0.4, 0.5) is 0 Å². The number of likely N-dealkylation sites (tertiary alicyclic amines) is 1. The Morgan fingerprint density at radius 3 is 2.54 bits per heavy atom. The molecule has 4 rings (SSSR count). The van der Waals surface area contributed by atoms with E-state index in [-0.39, 0.29) is 24.5 Å². The predicted octanol–water partition coefficient (Wildman–Crippen LogP) is 4.42. The van der Waals surface area contributed by atoms with E-state index in [9.17, 15) is 9.59 Å². The molecule has 1 fully saturated rings. The van der Waals surface area contributed by atoms with Crippen LogP contribution in [0.15, 0.2) is 41.5 Å². The van der Waals surface area contributed by atoms with E-state index in [1.807, 2.05) is 23.1 Å². The summed E-state index contributed by atoms with van der Waals surface area (Å²) in [7, 11) is 3.22. The van der Waals surface area contributed by atoms with Crippen molar-refractivity contribution in [1.29, 1.82) is 0 Å². The topological polar surface area (TPSA) is 80.7 Å². The van der Waals surface area contributed by atoms with E-state index < -0.39 is 6.04 Å². The van der Waals surface area contributed by atoms with Crippen LogP contribution in [-0.2, 0) is 14.3 Å². The number of methoxy groups -OCH3 is 2. The average molecular weight is 508 g/mol. The van der Waals surface area contributed by atoms with Gasteiger partial charge in [0.2, 0.25) is 0 Å². The van der Waals surface area contributed by atoms with E-state index in [1.54, 1.807) is 26.2 Å². The largest absolute Gasteiger partial charge is 0.497 e. The molecular weight excluding hydrogens is 470 g/mol. The number of hydrazone groups is 1. The molecular formula is C29H37N3O5. The van der Waals surface area contributed by atoms with Crippen LogP contribution in [0.2, 0.25) is 0 Å². The number of benzene rings is 2. The summed E-state index contributed by atoms with van der Waals surface area (Å²) in [4.78, 5) is 28.3. The second-order valence-corrected chi connectivity index (χ2v) is 9.65. The van der Waals surface area contributed by atoms with E-state index in [1.165, 1.54) is 11.1 Å². The molecule has 198 valence electrons. The van der Waals surface area contributed by atoms with Crippen molar-refractivity contribution < 1.29 is 23.8 Å². The molecule has 2 aromatic carbocycles. The fourth-order valence-corrected chi connectivity index (χ4v) is 5.10. The number of rotatable bonds is 8. The van der Waals surface area contributed by atoms with Crippen LogP contribution >= 0.6 is 0 Å². The number of esters is 1. The summed E-state index contributed by atoms with van der Waals surface area (Å²) in [5.74, 6) is 0.903. The van der Waals surface area contributed by atoms with Gasteiger partial charge in [0, 0.05) is 18.1 Å². The van der Waals surface area contributed by atoms with Gasteiger partial charge < -0.3 is 14.2 Å². The van der Waals surface area contributed by atoms with Crippen LogP contribution in [0, 0.1) is 13.8 Å². The third-order valence-electron chi connectivity index (χ3n) is 7.32. The highest BCUT2D eigenvalue weighted by molar-refractivity contribution is 6.03. The summed E-state index contributed by atoms with van der Waals surface area (Å²) in [6, 6.07) is 11.1. The van der Waals surface area contributed by atoms with Crippen molar-refractivity contribution >= 4 is 17.6 Å². The molecule has 0 unspecified atom stereocenters. The number of carbonyl (C=O) groups is 2. The number of nitrogens with zero attached hydrogens (tertiary/aromatic N) is 3. The molecule has 0 N–H and O–H groups in total. The molecule has 0 aliphatic carbocycles. The maximum Gasteiger partial charge on any atom is 0.323 e. The summed E-state index contributed by atoms with van der Waals surface area (Å²) in [5.41, 5.74) is 5.09. The van der Waals surface area contributed by atoms with Gasteiger partial charge in [0.15, 0.2) is 0 Å². The van der Waals surface area contributed by atoms with E-state index in [4.69, 9.17) is 19.3 Å². The van der Waals surface area contributed by atoms with Gasteiger partial charge in [-0.05, 0) is 75.0 Å². The zero-order valence-electron chi connectivity index (χ0n) is 22.5. The van der Waals surface area contributed by atoms with Crippen LogP contribution in [-0.4, -0.2) is 67.5 Å². The predicted molar refractivity (Wildman–Crippen MR) is 142 cm³/mol. The molecule has 2 aromatic rings. The molecule has 2 heterocycles. The Kier molecular flexibility index (Phi) is 8.48. The van der Waals surface area contributed by atoms with Crippen LogP contribution in [0.3, 0.4) is 0 Å². The highest BCUT2D eigenvalue weighted by atomic mass is 16.5. The van der Waals surface area contributed by atoms with Gasteiger partial charge in [-0.3, -0.25) is 14.5 Å². The Morgan fingerprint density at radius 1 is 1.03 bits per heavy atom. The van der Waals surface area contributed by atoms with Crippen LogP contribution in [0.1, 0.15) is 60.9 Å². The second kappa shape index (κ2) is 11.8. The highest BCUT2D eigenvalue weighted by Gasteiger charge is 2.38. The van der Waals surface area contributed by atoms with E-state index >= 15 is 0 Å². The summed E-state index contributed by atoms with van der Waals surface area (Å²) in [6.45, 7) is 7.06. The first-order valence-corrected chi connectivity index (χ1v) is 13.0. The Hall–Kier alpha value is -3.39. The molecule has 0 spiro atoms. The minimum absolute atomic E-state index is 0.0994. The maximum absolute atomic E-state index is 13.8. The third kappa shape index (κ3) is 5.80. The first-order chi connectivity index (χ1) is 17.9. The molecule has 8 heteroatoms. The van der Waals surface area contributed by atoms with Crippen molar-refractivity contribution in [3.63, 3.8) is 0 Å². The van der Waals surface area contributed by atoms with Gasteiger partial charge in [-0.25, -0.2) is 5.01 Å². The van der Waals surface area contributed by atoms with E-state index in [2.05, 4.69) is 32.0 Å². The highest BCUT2D eigenvalue weighted by Crippen LogP contribution is 2.39. The Morgan fingerprint density at radius 2 is 1.84 bits per heavy atom. The Balaban J connectivity index is 1.67. The van der Waals surface area contributed by atoms with Crippen LogP contribution in [0.25, 0.3) is 0 Å². The van der Waals surface area contributed by atoms with Crippen LogP contribution < -0.4 is 9.47 Å². The quantitative estimate of drug-likeness (QED) is 0.492. The number of hydrogen-bond acceptors (Lipinski definition) is 7. The van der Waals surface area contributed by atoms with Gasteiger partial charge in [-0.1, -0.05) is 18.6 Å². The van der Waals surface area contributed by atoms with Crippen LogP contribution in [0.5, 0.6) is 11.5 Å². The summed E-state index contributed by atoms with van der Waals surface area (Å²) < 4.78 is 16.4. The molecule has 2 aliphatic rings. The molecule has 8 nitrogen and oxygen atoms in total. The number of piperidine rings is 1. The molecule has 1 amide bonds. The number of carbonyl (C=O) groups excluding carboxylic acids is 2. The monoisotopic (exact) mass is 507 g/mol. The lowest BCUT2D eigenvalue weighted by Crippen LogP contribution is -2.49. The zero-order valence-corrected chi connectivity index (χ0v) is 22.5. The molecule has 0 saturated carbocycles. The Labute approximate surface area is 219 Å². The number of amides is 1. The number of ether oxygens (including phenoxy) is 3. The van der Waals surface area contributed by atoms with E-state index in [0.717, 1.165) is 29.7 Å². The first-order valence-electron chi connectivity index (χ1n) is 13.0. The fraction of sp³-hybridized carbons (Fsp3) is 0.483. The molecule has 0 bridgehead atoms. The molecule has 0 aromatic heterocycles. The lowest BCUT2D eigenvalue weighted by molar-refractivity contribution is -0.152. The second-order valence-electron chi connectivity index (χ2n) is 9.65. The maximum atomic E-state index is 13.8. The van der Waals surface area contributed by atoms with Crippen molar-refractivity contribution in [2.75, 3.05) is 33.9 Å². The summed E-state index contributed by atoms with van der Waals surface area (Å²) in [6.07, 6.45) is 3.13. The van der Waals surface area contributed by atoms with Gasteiger partial charge in [0.05, 0.1) is 39.1 Å². The van der Waals surface area contributed by atoms with E-state index in [0.29, 0.717) is 37.5 Å². The number of hydrogen-bond donors (Lipinski definition) is 0. The Bertz CT molecular complexity index is 1180. The van der Waals surface area contributed by atoms with Gasteiger partial charge >= 0.3 is 5.97 Å². The number of aryl methyl sites for hydroxylation is 2. The lowest BCUT2D eigenvalue weighted by Gasteiger charge is -2.34. The molecule has 2 atom stereocenters. The molecule has 2 aliphatic heterocycles. The zero-order chi connectivity index (χ0) is 26.5. The smallest absolute Gasteiger partial charge is 0.323 e. The third-order valence-corrected chi connectivity index (χ3v) is 7.32. The van der Waals surface area contributed by atoms with Crippen molar-refractivity contribution in [1.82, 2.24) is 9.91 Å². The minimum Gasteiger partial charge on any atom is -0.497 e. The van der Waals surface area contributed by atoms with Gasteiger partial charge in [0.25, 0.3) is 5.91 Å². The molecule has 37 heavy (non-hydrogen) atoms. The summed E-state index contributed by atoms with van der Waals surface area (Å²) >= 11 is 0. The molecule has 0 radical (unpaired) electrons. The first kappa shape index (κ1) is 26.7. The van der Waals surface area contributed by atoms with Gasteiger partial charge in [-0.2, -0.15) is 5.10 Å². The molecule has 1 saturated heterocycles. The van der Waals surface area contributed by atoms with Crippen molar-refractivity contribution in [2.24, 2.45) is 5.10 Å².